The van der Waals surface area contributed by atoms with Gasteiger partial charge in [0.2, 0.25) is 0 Å². The summed E-state index contributed by atoms with van der Waals surface area (Å²) in [6.45, 7) is 4.36. The third-order valence-corrected chi connectivity index (χ3v) is 3.01. The standard InChI is InChI=1S/C13H22N2O3/c1-10(2)15(9-5-8-12(16)17)13(18)14-11-6-3-4-7-11/h3-4,10-11H,5-9H2,1-2H3,(H,14,18)(H,16,17). The van der Waals surface area contributed by atoms with Gasteiger partial charge < -0.3 is 15.3 Å². The molecule has 0 saturated carbocycles. The van der Waals surface area contributed by atoms with Gasteiger partial charge in [0.05, 0.1) is 0 Å². The van der Waals surface area contributed by atoms with Gasteiger partial charge in [-0.25, -0.2) is 4.79 Å². The van der Waals surface area contributed by atoms with Gasteiger partial charge >= 0.3 is 12.0 Å². The van der Waals surface area contributed by atoms with E-state index < -0.39 is 5.97 Å². The molecule has 0 spiro atoms. The van der Waals surface area contributed by atoms with E-state index in [9.17, 15) is 9.59 Å². The van der Waals surface area contributed by atoms with Crippen molar-refractivity contribution in [3.63, 3.8) is 0 Å². The van der Waals surface area contributed by atoms with E-state index in [1.165, 1.54) is 0 Å². The van der Waals surface area contributed by atoms with E-state index in [1.807, 2.05) is 13.8 Å². The number of carbonyl (C=O) groups excluding carboxylic acids is 1. The second kappa shape index (κ2) is 7.03. The molecule has 0 atom stereocenters. The highest BCUT2D eigenvalue weighted by atomic mass is 16.4. The predicted octanol–water partition coefficient (Wildman–Crippen LogP) is 1.99. The Bertz CT molecular complexity index is 318. The van der Waals surface area contributed by atoms with Gasteiger partial charge in [-0.1, -0.05) is 12.2 Å². The van der Waals surface area contributed by atoms with E-state index in [-0.39, 0.29) is 24.5 Å². The van der Waals surface area contributed by atoms with Crippen molar-refractivity contribution in [3.8, 4) is 0 Å². The first kappa shape index (κ1) is 14.5. The Kier molecular flexibility index (Phi) is 5.68. The molecule has 5 heteroatoms. The van der Waals surface area contributed by atoms with Crippen LogP contribution in [-0.2, 0) is 4.79 Å². The maximum Gasteiger partial charge on any atom is 0.317 e. The summed E-state index contributed by atoms with van der Waals surface area (Å²) in [7, 11) is 0. The van der Waals surface area contributed by atoms with Crippen LogP contribution < -0.4 is 5.32 Å². The van der Waals surface area contributed by atoms with E-state index in [0.29, 0.717) is 13.0 Å². The van der Waals surface area contributed by atoms with Crippen molar-refractivity contribution in [1.82, 2.24) is 10.2 Å². The minimum absolute atomic E-state index is 0.0770. The van der Waals surface area contributed by atoms with Crippen molar-refractivity contribution in [3.05, 3.63) is 12.2 Å². The van der Waals surface area contributed by atoms with E-state index in [4.69, 9.17) is 5.11 Å². The van der Waals surface area contributed by atoms with E-state index in [2.05, 4.69) is 17.5 Å². The van der Waals surface area contributed by atoms with Crippen molar-refractivity contribution in [2.24, 2.45) is 0 Å². The highest BCUT2D eigenvalue weighted by Crippen LogP contribution is 2.11. The summed E-state index contributed by atoms with van der Waals surface area (Å²) in [5.74, 6) is -0.820. The molecule has 2 amide bonds. The lowest BCUT2D eigenvalue weighted by Crippen LogP contribution is -2.47. The first-order valence-corrected chi connectivity index (χ1v) is 6.44. The zero-order valence-electron chi connectivity index (χ0n) is 11.1. The fraction of sp³-hybridized carbons (Fsp3) is 0.692. The first-order chi connectivity index (χ1) is 8.50. The number of amides is 2. The number of carboxylic acids is 1. The van der Waals surface area contributed by atoms with Gasteiger partial charge in [-0.05, 0) is 33.1 Å². The Morgan fingerprint density at radius 3 is 2.50 bits per heavy atom. The summed E-state index contributed by atoms with van der Waals surface area (Å²) >= 11 is 0. The zero-order chi connectivity index (χ0) is 13.5. The zero-order valence-corrected chi connectivity index (χ0v) is 11.1. The average Bonchev–Trinajstić information content (AvgIpc) is 2.75. The fourth-order valence-corrected chi connectivity index (χ4v) is 1.99. The number of rotatable bonds is 6. The summed E-state index contributed by atoms with van der Waals surface area (Å²) in [6.07, 6.45) is 6.48. The van der Waals surface area contributed by atoms with Crippen LogP contribution in [0.25, 0.3) is 0 Å². The maximum absolute atomic E-state index is 12.1. The molecule has 5 nitrogen and oxygen atoms in total. The fourth-order valence-electron chi connectivity index (χ4n) is 1.99. The summed E-state index contributed by atoms with van der Waals surface area (Å²) < 4.78 is 0. The largest absolute Gasteiger partial charge is 0.481 e. The molecule has 18 heavy (non-hydrogen) atoms. The van der Waals surface area contributed by atoms with Crippen molar-refractivity contribution in [2.45, 2.75) is 51.6 Å². The predicted molar refractivity (Wildman–Crippen MR) is 69.4 cm³/mol. The molecule has 0 aromatic carbocycles. The topological polar surface area (TPSA) is 69.6 Å². The summed E-state index contributed by atoms with van der Waals surface area (Å²) in [5, 5.41) is 11.6. The lowest BCUT2D eigenvalue weighted by molar-refractivity contribution is -0.137. The molecule has 1 aliphatic carbocycles. The molecule has 2 N–H and O–H groups in total. The van der Waals surface area contributed by atoms with Gasteiger partial charge in [0.15, 0.2) is 0 Å². The van der Waals surface area contributed by atoms with Gasteiger partial charge in [-0.3, -0.25) is 4.79 Å². The Labute approximate surface area is 108 Å². The minimum atomic E-state index is -0.820. The number of urea groups is 1. The lowest BCUT2D eigenvalue weighted by Gasteiger charge is -2.28. The van der Waals surface area contributed by atoms with Crippen LogP contribution in [0, 0.1) is 0 Å². The Morgan fingerprint density at radius 1 is 1.39 bits per heavy atom. The van der Waals surface area contributed by atoms with Crippen molar-refractivity contribution in [2.75, 3.05) is 6.54 Å². The molecule has 0 radical (unpaired) electrons. The number of hydrogen-bond acceptors (Lipinski definition) is 2. The summed E-state index contributed by atoms with van der Waals surface area (Å²) in [5.41, 5.74) is 0. The van der Waals surface area contributed by atoms with Gasteiger partial charge in [-0.2, -0.15) is 0 Å². The lowest BCUT2D eigenvalue weighted by atomic mass is 10.2. The highest BCUT2D eigenvalue weighted by molar-refractivity contribution is 5.75. The highest BCUT2D eigenvalue weighted by Gasteiger charge is 2.20. The van der Waals surface area contributed by atoms with E-state index in [1.54, 1.807) is 4.90 Å². The average molecular weight is 254 g/mol. The second-order valence-corrected chi connectivity index (χ2v) is 4.87. The summed E-state index contributed by atoms with van der Waals surface area (Å²) in [4.78, 5) is 24.2. The number of nitrogens with zero attached hydrogens (tertiary/aromatic N) is 1. The van der Waals surface area contributed by atoms with Gasteiger partial charge in [-0.15, -0.1) is 0 Å². The van der Waals surface area contributed by atoms with Crippen molar-refractivity contribution < 1.29 is 14.7 Å². The Morgan fingerprint density at radius 2 is 2.00 bits per heavy atom. The van der Waals surface area contributed by atoms with E-state index in [0.717, 1.165) is 12.8 Å². The first-order valence-electron chi connectivity index (χ1n) is 6.44. The van der Waals surface area contributed by atoms with Crippen LogP contribution in [0.2, 0.25) is 0 Å². The Balaban J connectivity index is 2.39. The number of nitrogens with one attached hydrogen (secondary N) is 1. The van der Waals surface area contributed by atoms with Gasteiger partial charge in [0, 0.05) is 25.0 Å². The number of aliphatic carboxylic acids is 1. The SMILES string of the molecule is CC(C)N(CCCC(=O)O)C(=O)NC1CC=CC1. The van der Waals surface area contributed by atoms with Gasteiger partial charge in [0.25, 0.3) is 0 Å². The summed E-state index contributed by atoms with van der Waals surface area (Å²) in [6, 6.07) is 0.176. The molecule has 0 saturated heterocycles. The molecule has 1 rings (SSSR count). The van der Waals surface area contributed by atoms with Crippen LogP contribution in [0.3, 0.4) is 0 Å². The number of carbonyl (C=O) groups is 2. The third kappa shape index (κ3) is 4.77. The monoisotopic (exact) mass is 254 g/mol. The van der Waals surface area contributed by atoms with Crippen LogP contribution in [0.4, 0.5) is 4.79 Å². The molecule has 0 fully saturated rings. The van der Waals surface area contributed by atoms with Crippen molar-refractivity contribution in [1.29, 1.82) is 0 Å². The molecule has 0 heterocycles. The molecule has 0 aliphatic heterocycles. The van der Waals surface area contributed by atoms with Crippen LogP contribution >= 0.6 is 0 Å². The second-order valence-electron chi connectivity index (χ2n) is 4.87. The molecule has 0 aromatic heterocycles. The van der Waals surface area contributed by atoms with Crippen LogP contribution in [-0.4, -0.2) is 40.6 Å². The molecule has 0 bridgehead atoms. The van der Waals surface area contributed by atoms with Crippen LogP contribution in [0.5, 0.6) is 0 Å². The number of carboxylic acid groups (broad SMARTS) is 1. The molecule has 0 unspecified atom stereocenters. The normalized spacial score (nSPS) is 15.1. The Hall–Kier alpha value is -1.52. The van der Waals surface area contributed by atoms with E-state index >= 15 is 0 Å². The molecule has 0 aromatic rings. The third-order valence-electron chi connectivity index (χ3n) is 3.01. The van der Waals surface area contributed by atoms with Gasteiger partial charge in [0.1, 0.15) is 0 Å². The van der Waals surface area contributed by atoms with Crippen molar-refractivity contribution >= 4 is 12.0 Å². The smallest absolute Gasteiger partial charge is 0.317 e. The molecular weight excluding hydrogens is 232 g/mol. The molecule has 102 valence electrons. The minimum Gasteiger partial charge on any atom is -0.481 e. The quantitative estimate of drug-likeness (QED) is 0.712. The maximum atomic E-state index is 12.1. The molecular formula is C13H22N2O3. The molecule has 1 aliphatic rings. The van der Waals surface area contributed by atoms with Crippen LogP contribution in [0.15, 0.2) is 12.2 Å². The number of hydrogen-bond donors (Lipinski definition) is 2. The van der Waals surface area contributed by atoms with Crippen LogP contribution in [0.1, 0.15) is 39.5 Å².